The fourth-order valence-corrected chi connectivity index (χ4v) is 11.3. The van der Waals surface area contributed by atoms with Crippen molar-refractivity contribution in [2.45, 2.75) is 411 Å². The first-order chi connectivity index (χ1) is 38.5. The van der Waals surface area contributed by atoms with Crippen LogP contribution in [-0.2, 0) is 14.3 Å². The molecule has 0 heterocycles. The molecule has 0 saturated carbocycles. The van der Waals surface area contributed by atoms with E-state index in [0.717, 1.165) is 44.9 Å². The highest BCUT2D eigenvalue weighted by Gasteiger charge is 2.20. The average Bonchev–Trinajstić information content (AvgIpc) is 3.44. The largest absolute Gasteiger partial charge is 0.466 e. The van der Waals surface area contributed by atoms with Crippen molar-refractivity contribution in [3.05, 3.63) is 24.3 Å². The summed E-state index contributed by atoms with van der Waals surface area (Å²) in [5.41, 5.74) is 0. The van der Waals surface area contributed by atoms with Gasteiger partial charge in [-0.1, -0.05) is 334 Å². The molecule has 6 nitrogen and oxygen atoms in total. The molecule has 0 saturated heterocycles. The van der Waals surface area contributed by atoms with Crippen LogP contribution in [0.25, 0.3) is 0 Å². The van der Waals surface area contributed by atoms with Gasteiger partial charge in [0, 0.05) is 12.8 Å². The molecule has 6 heteroatoms. The van der Waals surface area contributed by atoms with Crippen LogP contribution in [0.1, 0.15) is 399 Å². The van der Waals surface area contributed by atoms with Gasteiger partial charge in [0.05, 0.1) is 25.4 Å². The summed E-state index contributed by atoms with van der Waals surface area (Å²) < 4.78 is 5.50. The molecule has 0 rings (SSSR count). The summed E-state index contributed by atoms with van der Waals surface area (Å²) in [7, 11) is 0. The number of hydrogen-bond acceptors (Lipinski definition) is 5. The lowest BCUT2D eigenvalue weighted by molar-refractivity contribution is -0.143. The maximum absolute atomic E-state index is 12.5. The van der Waals surface area contributed by atoms with Crippen LogP contribution < -0.4 is 5.32 Å². The first-order valence-corrected chi connectivity index (χ1v) is 35.6. The van der Waals surface area contributed by atoms with Gasteiger partial charge in [-0.3, -0.25) is 9.59 Å². The number of ether oxygens (including phenoxy) is 1. The van der Waals surface area contributed by atoms with Crippen LogP contribution in [0.5, 0.6) is 0 Å². The number of unbranched alkanes of at least 4 members (excludes halogenated alkanes) is 52. The SMILES string of the molecule is CCCCCCCCC/C=C\CCCCCCCCCC(=O)OCCCCCCCCCCCCC/C=C\CCCCCCCCCC(=O)NC(CO)C(O)CCCCCCCCCCCCCCCCCCCCCCC. The maximum Gasteiger partial charge on any atom is 0.305 e. The predicted octanol–water partition coefficient (Wildman–Crippen LogP) is 22.9. The third kappa shape index (κ3) is 63.5. The van der Waals surface area contributed by atoms with Gasteiger partial charge in [0.25, 0.3) is 0 Å². The zero-order valence-electron chi connectivity index (χ0n) is 52.9. The first kappa shape index (κ1) is 76.3. The number of allylic oxidation sites excluding steroid dienone is 4. The molecule has 0 aliphatic carbocycles. The van der Waals surface area contributed by atoms with E-state index in [1.807, 2.05) is 0 Å². The third-order valence-electron chi connectivity index (χ3n) is 16.7. The van der Waals surface area contributed by atoms with E-state index in [1.165, 1.54) is 321 Å². The van der Waals surface area contributed by atoms with Crippen molar-refractivity contribution in [2.24, 2.45) is 0 Å². The van der Waals surface area contributed by atoms with Crippen LogP contribution in [0.15, 0.2) is 24.3 Å². The van der Waals surface area contributed by atoms with E-state index in [0.29, 0.717) is 25.9 Å². The van der Waals surface area contributed by atoms with Gasteiger partial charge >= 0.3 is 5.97 Å². The Morgan fingerprint density at radius 3 is 0.910 bits per heavy atom. The lowest BCUT2D eigenvalue weighted by Crippen LogP contribution is -2.45. The molecule has 0 aromatic rings. The van der Waals surface area contributed by atoms with Crippen molar-refractivity contribution in [1.29, 1.82) is 0 Å². The summed E-state index contributed by atoms with van der Waals surface area (Å²) in [5.74, 6) is -0.0297. The fraction of sp³-hybridized carbons (Fsp3) is 0.917. The molecule has 0 spiro atoms. The number of hydrogen-bond donors (Lipinski definition) is 3. The Morgan fingerprint density at radius 2 is 0.603 bits per heavy atom. The topological polar surface area (TPSA) is 95.9 Å². The Labute approximate surface area is 488 Å². The second-order valence-corrected chi connectivity index (χ2v) is 24.6. The Bertz CT molecular complexity index is 1220. The van der Waals surface area contributed by atoms with Gasteiger partial charge in [0.1, 0.15) is 0 Å². The number of aliphatic hydroxyl groups excluding tert-OH is 2. The molecule has 0 aromatic carbocycles. The molecule has 0 aliphatic rings. The third-order valence-corrected chi connectivity index (χ3v) is 16.7. The monoisotopic (exact) mass is 1100 g/mol. The van der Waals surface area contributed by atoms with E-state index in [9.17, 15) is 19.8 Å². The van der Waals surface area contributed by atoms with Crippen molar-refractivity contribution < 1.29 is 24.5 Å². The highest BCUT2D eigenvalue weighted by atomic mass is 16.5. The predicted molar refractivity (Wildman–Crippen MR) is 343 cm³/mol. The minimum absolute atomic E-state index is 0.00809. The lowest BCUT2D eigenvalue weighted by Gasteiger charge is -2.22. The Balaban J connectivity index is 3.40. The summed E-state index contributed by atoms with van der Waals surface area (Å²) in [6.07, 6.45) is 85.0. The quantitative estimate of drug-likeness (QED) is 0.0320. The molecule has 462 valence electrons. The zero-order chi connectivity index (χ0) is 56.4. The van der Waals surface area contributed by atoms with E-state index in [-0.39, 0.29) is 18.5 Å². The van der Waals surface area contributed by atoms with Gasteiger partial charge < -0.3 is 20.3 Å². The molecular formula is C72H139NO5. The zero-order valence-corrected chi connectivity index (χ0v) is 52.9. The number of esters is 1. The normalized spacial score (nSPS) is 12.6. The minimum Gasteiger partial charge on any atom is -0.466 e. The molecule has 1 amide bonds. The molecular weight excluding hydrogens is 959 g/mol. The van der Waals surface area contributed by atoms with E-state index in [1.54, 1.807) is 0 Å². The summed E-state index contributed by atoms with van der Waals surface area (Å²) in [6, 6.07) is -0.548. The minimum atomic E-state index is -0.670. The van der Waals surface area contributed by atoms with Crippen LogP contribution >= 0.6 is 0 Å². The van der Waals surface area contributed by atoms with Crippen molar-refractivity contribution in [2.75, 3.05) is 13.2 Å². The second kappa shape index (κ2) is 67.8. The smallest absolute Gasteiger partial charge is 0.305 e. The Morgan fingerprint density at radius 1 is 0.346 bits per heavy atom. The number of rotatable bonds is 67. The van der Waals surface area contributed by atoms with E-state index in [2.05, 4.69) is 43.5 Å². The van der Waals surface area contributed by atoms with Gasteiger partial charge in [-0.05, 0) is 77.0 Å². The molecule has 2 unspecified atom stereocenters. The number of carbonyl (C=O) groups excluding carboxylic acids is 2. The van der Waals surface area contributed by atoms with Gasteiger partial charge in [-0.15, -0.1) is 0 Å². The molecule has 78 heavy (non-hydrogen) atoms. The Hall–Kier alpha value is -1.66. The van der Waals surface area contributed by atoms with Crippen LogP contribution in [0, 0.1) is 0 Å². The van der Waals surface area contributed by atoms with Crippen molar-refractivity contribution in [1.82, 2.24) is 5.32 Å². The number of carbonyl (C=O) groups is 2. The van der Waals surface area contributed by atoms with Crippen LogP contribution in [0.3, 0.4) is 0 Å². The van der Waals surface area contributed by atoms with Crippen LogP contribution in [-0.4, -0.2) is 47.4 Å². The summed E-state index contributed by atoms with van der Waals surface area (Å²) >= 11 is 0. The van der Waals surface area contributed by atoms with E-state index >= 15 is 0 Å². The number of nitrogens with one attached hydrogen (secondary N) is 1. The van der Waals surface area contributed by atoms with Crippen LogP contribution in [0.4, 0.5) is 0 Å². The standard InChI is InChI=1S/C72H139NO5/c1-3-5-7-9-11-13-15-17-19-21-23-26-29-32-36-40-44-48-52-56-60-64-70(75)69(68-74)73-71(76)65-61-57-53-49-45-41-37-33-30-27-24-25-28-31-35-39-43-47-51-55-59-63-67-78-72(77)66-62-58-54-50-46-42-38-34-22-20-18-16-14-12-10-8-6-4-2/h20,22,27,30,69-70,74-75H,3-19,21,23-26,28-29,31-68H2,1-2H3,(H,73,76)/b22-20-,30-27-. The van der Waals surface area contributed by atoms with Gasteiger partial charge in [0.2, 0.25) is 5.91 Å². The van der Waals surface area contributed by atoms with Crippen molar-refractivity contribution >= 4 is 11.9 Å². The highest BCUT2D eigenvalue weighted by molar-refractivity contribution is 5.76. The van der Waals surface area contributed by atoms with E-state index < -0.39 is 12.1 Å². The maximum atomic E-state index is 12.5. The summed E-state index contributed by atoms with van der Waals surface area (Å²) in [4.78, 5) is 24.6. The highest BCUT2D eigenvalue weighted by Crippen LogP contribution is 2.19. The average molecular weight is 1100 g/mol. The number of amides is 1. The molecule has 0 bridgehead atoms. The Kier molecular flexibility index (Phi) is 66.4. The first-order valence-electron chi connectivity index (χ1n) is 35.6. The molecule has 0 aliphatic heterocycles. The van der Waals surface area contributed by atoms with E-state index in [4.69, 9.17) is 4.74 Å². The number of aliphatic hydroxyl groups is 2. The molecule has 0 fully saturated rings. The second-order valence-electron chi connectivity index (χ2n) is 24.6. The van der Waals surface area contributed by atoms with Crippen molar-refractivity contribution in [3.8, 4) is 0 Å². The van der Waals surface area contributed by atoms with Crippen LogP contribution in [0.2, 0.25) is 0 Å². The van der Waals surface area contributed by atoms with Gasteiger partial charge in [0.15, 0.2) is 0 Å². The van der Waals surface area contributed by atoms with Gasteiger partial charge in [-0.2, -0.15) is 0 Å². The lowest BCUT2D eigenvalue weighted by atomic mass is 10.0. The summed E-state index contributed by atoms with van der Waals surface area (Å²) in [5, 5.41) is 23.4. The van der Waals surface area contributed by atoms with Crippen molar-refractivity contribution in [3.63, 3.8) is 0 Å². The molecule has 3 N–H and O–H groups in total. The molecule has 0 aromatic heterocycles. The molecule has 0 radical (unpaired) electrons. The molecule has 2 atom stereocenters. The fourth-order valence-electron chi connectivity index (χ4n) is 11.3. The summed E-state index contributed by atoms with van der Waals surface area (Å²) in [6.45, 7) is 4.98. The van der Waals surface area contributed by atoms with Gasteiger partial charge in [-0.25, -0.2) is 0 Å².